The summed E-state index contributed by atoms with van der Waals surface area (Å²) in [6.45, 7) is 0.796. The van der Waals surface area contributed by atoms with Crippen LogP contribution in [0.25, 0.3) is 0 Å². The summed E-state index contributed by atoms with van der Waals surface area (Å²) in [6, 6.07) is 0. The van der Waals surface area contributed by atoms with Crippen LogP contribution in [0.5, 0.6) is 0 Å². The number of amides is 2. The van der Waals surface area contributed by atoms with Crippen molar-refractivity contribution in [1.29, 1.82) is 0 Å². The van der Waals surface area contributed by atoms with Crippen LogP contribution in [0.1, 0.15) is 6.92 Å². The van der Waals surface area contributed by atoms with Gasteiger partial charge in [-0.2, -0.15) is 0 Å². The fourth-order valence-corrected chi connectivity index (χ4v) is 2.51. The normalized spacial score (nSPS) is 15.0. The molecular formula is C4H8N2O6S2. The molecule has 0 aliphatic heterocycles. The average Bonchev–Trinajstić information content (AvgIpc) is 2.02. The van der Waals surface area contributed by atoms with Crippen molar-refractivity contribution in [2.45, 2.75) is 6.92 Å². The Morgan fingerprint density at radius 2 is 1.57 bits per heavy atom. The summed E-state index contributed by atoms with van der Waals surface area (Å²) in [5.74, 6) is 0. The van der Waals surface area contributed by atoms with Crippen molar-refractivity contribution in [2.24, 2.45) is 0 Å². The number of nitrogens with one attached hydrogen (secondary N) is 2. The zero-order chi connectivity index (χ0) is 11.4. The van der Waals surface area contributed by atoms with E-state index in [-0.39, 0.29) is 12.8 Å². The first-order chi connectivity index (χ1) is 6.28. The second kappa shape index (κ2) is 4.39. The van der Waals surface area contributed by atoms with Gasteiger partial charge in [-0.25, -0.2) is 12.6 Å². The molecule has 0 radical (unpaired) electrons. The molecular weight excluding hydrogens is 236 g/mol. The van der Waals surface area contributed by atoms with Crippen molar-refractivity contribution in [3.8, 4) is 0 Å². The largest absolute Gasteiger partial charge is 0.297 e. The van der Waals surface area contributed by atoms with Crippen LogP contribution in [0.3, 0.4) is 0 Å². The first kappa shape index (κ1) is 12.9. The van der Waals surface area contributed by atoms with Crippen molar-refractivity contribution in [3.05, 3.63) is 0 Å². The quantitative estimate of drug-likeness (QED) is 0.374. The monoisotopic (exact) mass is 244 g/mol. The number of rotatable bonds is 4. The van der Waals surface area contributed by atoms with Crippen molar-refractivity contribution >= 4 is 37.0 Å². The van der Waals surface area contributed by atoms with Gasteiger partial charge >= 0.3 is 0 Å². The Balaban J connectivity index is 5.51. The molecule has 1 unspecified atom stereocenters. The molecule has 0 heterocycles. The fraction of sp³-hybridized carbons (Fsp3) is 0.250. The maximum atomic E-state index is 11.0. The Kier molecular flexibility index (Phi) is 4.04. The molecule has 0 bridgehead atoms. The van der Waals surface area contributed by atoms with E-state index in [0.717, 1.165) is 6.92 Å². The molecule has 8 nitrogen and oxygen atoms in total. The van der Waals surface area contributed by atoms with Crippen LogP contribution in [-0.2, 0) is 29.6 Å². The van der Waals surface area contributed by atoms with Crippen LogP contribution in [0.15, 0.2) is 0 Å². The predicted molar refractivity (Wildman–Crippen MR) is 48.8 cm³/mol. The van der Waals surface area contributed by atoms with Crippen molar-refractivity contribution in [1.82, 2.24) is 9.44 Å². The maximum absolute atomic E-state index is 11.0. The van der Waals surface area contributed by atoms with Crippen molar-refractivity contribution in [2.75, 3.05) is 0 Å². The fourth-order valence-electron chi connectivity index (χ4n) is 0.443. The number of carbonyl (C=O) groups excluding carboxylic acids is 2. The van der Waals surface area contributed by atoms with E-state index in [0.29, 0.717) is 0 Å². The molecule has 0 spiro atoms. The van der Waals surface area contributed by atoms with E-state index in [1.807, 2.05) is 0 Å². The topological polar surface area (TPSA) is 130 Å². The molecule has 0 rings (SSSR count). The Morgan fingerprint density at radius 1 is 1.14 bits per heavy atom. The Bertz CT molecular complexity index is 442. The third-order valence-corrected chi connectivity index (χ3v) is 4.87. The molecule has 0 saturated carbocycles. The molecule has 14 heavy (non-hydrogen) atoms. The van der Waals surface area contributed by atoms with Crippen molar-refractivity contribution < 1.29 is 26.8 Å². The number of hydrogen-bond acceptors (Lipinski definition) is 5. The number of sulfonamides is 1. The van der Waals surface area contributed by atoms with Crippen LogP contribution < -0.4 is 9.44 Å². The molecule has 10 heteroatoms. The molecule has 2 amide bonds. The van der Waals surface area contributed by atoms with E-state index in [1.165, 1.54) is 9.44 Å². The number of carbonyl (C=O) groups is 2. The highest BCUT2D eigenvalue weighted by Gasteiger charge is 2.20. The van der Waals surface area contributed by atoms with Crippen LogP contribution in [-0.4, -0.2) is 34.2 Å². The predicted octanol–water partition coefficient (Wildman–Crippen LogP) is -2.37. The first-order valence-corrected chi connectivity index (χ1v) is 6.05. The summed E-state index contributed by atoms with van der Waals surface area (Å²) in [7, 11) is -8.49. The Labute approximate surface area is 80.7 Å². The minimum Gasteiger partial charge on any atom is -0.297 e. The summed E-state index contributed by atoms with van der Waals surface area (Å²) in [5.41, 5.74) is 0. The van der Waals surface area contributed by atoms with Gasteiger partial charge in [0.25, 0.3) is 10.0 Å². The minimum atomic E-state index is -4.34. The lowest BCUT2D eigenvalue weighted by Gasteiger charge is -2.06. The highest BCUT2D eigenvalue weighted by Crippen LogP contribution is 1.93. The van der Waals surface area contributed by atoms with Gasteiger partial charge in [-0.1, -0.05) is 0 Å². The summed E-state index contributed by atoms with van der Waals surface area (Å²) in [6.07, 6.45) is -0.280. The Morgan fingerprint density at radius 3 is 1.93 bits per heavy atom. The van der Waals surface area contributed by atoms with Crippen molar-refractivity contribution in [3.63, 3.8) is 0 Å². The molecule has 82 valence electrons. The summed E-state index contributed by atoms with van der Waals surface area (Å²) in [4.78, 5) is 19.7. The molecule has 0 saturated heterocycles. The third-order valence-electron chi connectivity index (χ3n) is 1.18. The van der Waals surface area contributed by atoms with Gasteiger partial charge in [0.2, 0.25) is 12.8 Å². The van der Waals surface area contributed by atoms with Gasteiger partial charge in [0, 0.05) is 0 Å². The van der Waals surface area contributed by atoms with Gasteiger partial charge in [-0.3, -0.25) is 23.6 Å². The number of hydrogen-bond donors (Lipinski definition) is 3. The lowest BCUT2D eigenvalue weighted by molar-refractivity contribution is -0.108. The van der Waals surface area contributed by atoms with E-state index in [9.17, 15) is 22.2 Å². The maximum Gasteiger partial charge on any atom is 0.271 e. The smallest absolute Gasteiger partial charge is 0.271 e. The van der Waals surface area contributed by atoms with E-state index < -0.39 is 24.2 Å². The molecule has 1 atom stereocenters. The summed E-state index contributed by atoms with van der Waals surface area (Å²) in [5, 5.41) is 0. The van der Waals surface area contributed by atoms with Crippen LogP contribution >= 0.6 is 0 Å². The van der Waals surface area contributed by atoms with Gasteiger partial charge in [0.1, 0.15) is 0 Å². The lowest BCUT2D eigenvalue weighted by Crippen LogP contribution is -2.37. The van der Waals surface area contributed by atoms with Crippen LogP contribution in [0.2, 0.25) is 0 Å². The van der Waals surface area contributed by atoms with E-state index >= 15 is 0 Å². The standard InChI is InChI=1S/C4H8N2O6S2/c1-4(13(9,10)5-2-7)14(11,12)6-3-8/h2-3H,1H3,(H,5,7)(H2,6,8,11,12). The second-order valence-corrected chi connectivity index (χ2v) is 6.01. The molecule has 0 fully saturated rings. The van der Waals surface area contributed by atoms with E-state index in [4.69, 9.17) is 4.55 Å². The van der Waals surface area contributed by atoms with Gasteiger partial charge in [-0.05, 0) is 6.92 Å². The zero-order valence-electron chi connectivity index (χ0n) is 6.96. The summed E-state index contributed by atoms with van der Waals surface area (Å²) >= 11 is 0. The highest BCUT2D eigenvalue weighted by molar-refractivity contribution is 8.20. The van der Waals surface area contributed by atoms with E-state index in [1.54, 1.807) is 0 Å². The second-order valence-electron chi connectivity index (χ2n) is 1.99. The third kappa shape index (κ3) is 2.97. The zero-order valence-corrected chi connectivity index (χ0v) is 8.59. The lowest BCUT2D eigenvalue weighted by atomic mass is 11.0. The first-order valence-electron chi connectivity index (χ1n) is 3.05. The molecule has 0 aromatic carbocycles. The molecule has 3 N–H and O–H groups in total. The van der Waals surface area contributed by atoms with Gasteiger partial charge < -0.3 is 0 Å². The minimum absolute atomic E-state index is 0.123. The molecule has 0 aliphatic carbocycles. The Hall–Kier alpha value is -1.13. The average molecular weight is 244 g/mol. The van der Waals surface area contributed by atoms with Crippen LogP contribution in [0.4, 0.5) is 0 Å². The van der Waals surface area contributed by atoms with Gasteiger partial charge in [0.05, 0.1) is 0 Å². The molecule has 0 aromatic heterocycles. The molecule has 0 aliphatic rings. The van der Waals surface area contributed by atoms with Crippen LogP contribution in [0, 0.1) is 0 Å². The molecule has 0 aromatic rings. The highest BCUT2D eigenvalue weighted by atomic mass is 32.3. The SMILES string of the molecule is CC(S(=O)(=O)NC=O)=S(=O)(O)NC=O. The van der Waals surface area contributed by atoms with E-state index in [2.05, 4.69) is 0 Å². The van der Waals surface area contributed by atoms with Gasteiger partial charge in [0.15, 0.2) is 14.2 Å². The summed E-state index contributed by atoms with van der Waals surface area (Å²) < 4.78 is 43.8. The van der Waals surface area contributed by atoms with Gasteiger partial charge in [-0.15, -0.1) is 0 Å².